The van der Waals surface area contributed by atoms with Crippen molar-refractivity contribution < 1.29 is 27.5 Å². The minimum Gasteiger partial charge on any atom is -0.482 e. The lowest BCUT2D eigenvalue weighted by molar-refractivity contribution is -0.121. The van der Waals surface area contributed by atoms with Crippen LogP contribution in [-0.4, -0.2) is 50.5 Å². The molecular formula is C21H19N3O6S2. The number of benzene rings is 2. The van der Waals surface area contributed by atoms with Crippen molar-refractivity contribution in [3.05, 3.63) is 58.5 Å². The highest BCUT2D eigenvalue weighted by atomic mass is 32.2. The predicted octanol–water partition coefficient (Wildman–Crippen LogP) is 2.19. The second-order valence-electron chi connectivity index (χ2n) is 7.28. The molecule has 0 spiro atoms. The normalized spacial score (nSPS) is 17.5. The van der Waals surface area contributed by atoms with E-state index in [-0.39, 0.29) is 28.9 Å². The SMILES string of the molecule is CN(C)S(=O)(=O)c1cccc(CN2C(=O)COc3ccc(/C=C4/SC(=O)NC4=O)cc32)c1. The van der Waals surface area contributed by atoms with Crippen LogP contribution >= 0.6 is 11.8 Å². The molecule has 0 aliphatic carbocycles. The van der Waals surface area contributed by atoms with Gasteiger partial charge in [-0.2, -0.15) is 0 Å². The van der Waals surface area contributed by atoms with Crippen molar-refractivity contribution in [2.24, 2.45) is 0 Å². The highest BCUT2D eigenvalue weighted by molar-refractivity contribution is 8.18. The lowest BCUT2D eigenvalue weighted by Crippen LogP contribution is -2.38. The van der Waals surface area contributed by atoms with E-state index in [1.165, 1.54) is 31.1 Å². The van der Waals surface area contributed by atoms with E-state index in [4.69, 9.17) is 4.74 Å². The molecule has 2 heterocycles. The molecule has 11 heteroatoms. The topological polar surface area (TPSA) is 113 Å². The fourth-order valence-electron chi connectivity index (χ4n) is 3.25. The number of carbonyl (C=O) groups is 3. The number of anilines is 1. The Morgan fingerprint density at radius 3 is 2.62 bits per heavy atom. The van der Waals surface area contributed by atoms with Gasteiger partial charge in [0.05, 0.1) is 22.0 Å². The second kappa shape index (κ2) is 8.41. The summed E-state index contributed by atoms with van der Waals surface area (Å²) in [6.07, 6.45) is 1.56. The molecule has 1 N–H and O–H groups in total. The average molecular weight is 474 g/mol. The van der Waals surface area contributed by atoms with Gasteiger partial charge in [-0.3, -0.25) is 19.7 Å². The molecule has 0 unspecified atom stereocenters. The maximum atomic E-state index is 12.6. The summed E-state index contributed by atoms with van der Waals surface area (Å²) < 4.78 is 31.6. The number of rotatable bonds is 5. The predicted molar refractivity (Wildman–Crippen MR) is 120 cm³/mol. The molecule has 0 bridgehead atoms. The summed E-state index contributed by atoms with van der Waals surface area (Å²) >= 11 is 0.805. The van der Waals surface area contributed by atoms with Crippen LogP contribution in [0.1, 0.15) is 11.1 Å². The Kier molecular flexibility index (Phi) is 5.80. The third-order valence-electron chi connectivity index (χ3n) is 4.88. The zero-order valence-electron chi connectivity index (χ0n) is 17.2. The smallest absolute Gasteiger partial charge is 0.290 e. The summed E-state index contributed by atoms with van der Waals surface area (Å²) in [6.45, 7) is -0.00435. The summed E-state index contributed by atoms with van der Waals surface area (Å²) in [6, 6.07) is 11.5. The molecule has 2 aliphatic rings. The first kappa shape index (κ1) is 22.1. The number of sulfonamides is 1. The molecule has 0 atom stereocenters. The van der Waals surface area contributed by atoms with E-state index in [2.05, 4.69) is 5.32 Å². The van der Waals surface area contributed by atoms with Crippen molar-refractivity contribution in [3.63, 3.8) is 0 Å². The number of nitrogens with zero attached hydrogens (tertiary/aromatic N) is 2. The van der Waals surface area contributed by atoms with Crippen LogP contribution in [-0.2, 0) is 26.2 Å². The van der Waals surface area contributed by atoms with Gasteiger partial charge in [-0.05, 0) is 53.2 Å². The maximum absolute atomic E-state index is 12.6. The maximum Gasteiger partial charge on any atom is 0.290 e. The van der Waals surface area contributed by atoms with E-state index in [1.807, 2.05) is 0 Å². The summed E-state index contributed by atoms with van der Waals surface area (Å²) in [5, 5.41) is 1.76. The monoisotopic (exact) mass is 473 g/mol. The van der Waals surface area contributed by atoms with Gasteiger partial charge in [0.25, 0.3) is 17.1 Å². The number of thioether (sulfide) groups is 1. The molecule has 2 aromatic carbocycles. The number of ether oxygens (including phenoxy) is 1. The molecule has 32 heavy (non-hydrogen) atoms. The van der Waals surface area contributed by atoms with Crippen molar-refractivity contribution in [1.29, 1.82) is 0 Å². The summed E-state index contributed by atoms with van der Waals surface area (Å²) in [5.41, 5.74) is 1.74. The highest BCUT2D eigenvalue weighted by Gasteiger charge is 2.28. The van der Waals surface area contributed by atoms with Crippen LogP contribution in [0.3, 0.4) is 0 Å². The Balaban J connectivity index is 1.67. The molecular weight excluding hydrogens is 454 g/mol. The van der Waals surface area contributed by atoms with Gasteiger partial charge in [0.15, 0.2) is 6.61 Å². The lowest BCUT2D eigenvalue weighted by Gasteiger charge is -2.30. The first-order chi connectivity index (χ1) is 15.1. The molecule has 9 nitrogen and oxygen atoms in total. The van der Waals surface area contributed by atoms with E-state index in [9.17, 15) is 22.8 Å². The number of hydrogen-bond acceptors (Lipinski definition) is 7. The molecule has 1 fully saturated rings. The van der Waals surface area contributed by atoms with Gasteiger partial charge < -0.3 is 9.64 Å². The number of amides is 3. The van der Waals surface area contributed by atoms with Crippen LogP contribution in [0.4, 0.5) is 10.5 Å². The quantitative estimate of drug-likeness (QED) is 0.662. The molecule has 2 aliphatic heterocycles. The Labute approximate surface area is 189 Å². The third kappa shape index (κ3) is 4.27. The van der Waals surface area contributed by atoms with Crippen molar-refractivity contribution in [2.75, 3.05) is 25.6 Å². The fourth-order valence-corrected chi connectivity index (χ4v) is 4.91. The van der Waals surface area contributed by atoms with Crippen LogP contribution < -0.4 is 15.0 Å². The van der Waals surface area contributed by atoms with E-state index < -0.39 is 21.2 Å². The zero-order valence-corrected chi connectivity index (χ0v) is 18.8. The molecule has 2 aromatic rings. The minimum atomic E-state index is -3.61. The molecule has 0 aromatic heterocycles. The Morgan fingerprint density at radius 1 is 1.16 bits per heavy atom. The van der Waals surface area contributed by atoms with Crippen molar-refractivity contribution in [3.8, 4) is 5.75 Å². The Hall–Kier alpha value is -3.15. The van der Waals surface area contributed by atoms with Crippen molar-refractivity contribution >= 4 is 50.6 Å². The fraction of sp³-hybridized carbons (Fsp3) is 0.190. The van der Waals surface area contributed by atoms with Crippen LogP contribution in [0.25, 0.3) is 6.08 Å². The number of hydrogen-bond donors (Lipinski definition) is 1. The Morgan fingerprint density at radius 2 is 1.94 bits per heavy atom. The first-order valence-electron chi connectivity index (χ1n) is 9.49. The van der Waals surface area contributed by atoms with Crippen LogP contribution in [0.15, 0.2) is 52.3 Å². The van der Waals surface area contributed by atoms with Crippen LogP contribution in [0, 0.1) is 0 Å². The van der Waals surface area contributed by atoms with Crippen LogP contribution in [0.2, 0.25) is 0 Å². The van der Waals surface area contributed by atoms with E-state index >= 15 is 0 Å². The second-order valence-corrected chi connectivity index (χ2v) is 10.4. The van der Waals surface area contributed by atoms with Gasteiger partial charge in [0.2, 0.25) is 10.0 Å². The summed E-state index contributed by atoms with van der Waals surface area (Å²) in [4.78, 5) is 37.8. The molecule has 1 saturated heterocycles. The van der Waals surface area contributed by atoms with Gasteiger partial charge in [0, 0.05) is 14.1 Å². The third-order valence-corrected chi connectivity index (χ3v) is 7.51. The number of nitrogens with one attached hydrogen (secondary N) is 1. The lowest BCUT2D eigenvalue weighted by atomic mass is 10.1. The number of imide groups is 1. The molecule has 4 rings (SSSR count). The zero-order chi connectivity index (χ0) is 23.0. The first-order valence-corrected chi connectivity index (χ1v) is 11.7. The average Bonchev–Trinajstić information content (AvgIpc) is 3.07. The van der Waals surface area contributed by atoms with Gasteiger partial charge in [-0.15, -0.1) is 0 Å². The molecule has 166 valence electrons. The van der Waals surface area contributed by atoms with E-state index in [0.717, 1.165) is 16.1 Å². The molecule has 3 amide bonds. The van der Waals surface area contributed by atoms with E-state index in [0.29, 0.717) is 22.6 Å². The van der Waals surface area contributed by atoms with Gasteiger partial charge >= 0.3 is 0 Å². The Bertz CT molecular complexity index is 1270. The van der Waals surface area contributed by atoms with Crippen molar-refractivity contribution in [1.82, 2.24) is 9.62 Å². The summed E-state index contributed by atoms with van der Waals surface area (Å²) in [7, 11) is -0.705. The van der Waals surface area contributed by atoms with Gasteiger partial charge in [0.1, 0.15) is 5.75 Å². The minimum absolute atomic E-state index is 0.133. The molecule has 0 saturated carbocycles. The number of carbonyl (C=O) groups excluding carboxylic acids is 3. The van der Waals surface area contributed by atoms with Gasteiger partial charge in [-0.1, -0.05) is 18.2 Å². The summed E-state index contributed by atoms with van der Waals surface area (Å²) in [5.74, 6) is -0.268. The number of fused-ring (bicyclic) bond motifs is 1. The van der Waals surface area contributed by atoms with Gasteiger partial charge in [-0.25, -0.2) is 12.7 Å². The van der Waals surface area contributed by atoms with Crippen LogP contribution in [0.5, 0.6) is 5.75 Å². The van der Waals surface area contributed by atoms with E-state index in [1.54, 1.807) is 36.4 Å². The largest absolute Gasteiger partial charge is 0.482 e. The molecule has 0 radical (unpaired) electrons. The highest BCUT2D eigenvalue weighted by Crippen LogP contribution is 2.36. The van der Waals surface area contributed by atoms with Crippen molar-refractivity contribution in [2.45, 2.75) is 11.4 Å². The standard InChI is InChI=1S/C21H19N3O6S2/c1-23(2)32(28,29)15-5-3-4-14(8-15)11-24-16-9-13(6-7-17(16)30-12-19(24)25)10-18-20(26)22-21(27)31-18/h3-10H,11-12H2,1-2H3,(H,22,26,27)/b18-10+.